The Labute approximate surface area is 287 Å². The molecule has 0 fully saturated rings. The summed E-state index contributed by atoms with van der Waals surface area (Å²) < 4.78 is 2.26. The number of anilines is 2. The van der Waals surface area contributed by atoms with Crippen molar-refractivity contribution in [2.75, 3.05) is 4.90 Å². The van der Waals surface area contributed by atoms with Crippen LogP contribution in [0.5, 0.6) is 0 Å². The highest BCUT2D eigenvalue weighted by molar-refractivity contribution is 5.97. The van der Waals surface area contributed by atoms with Crippen molar-refractivity contribution in [2.24, 2.45) is 0 Å². The van der Waals surface area contributed by atoms with E-state index in [0.29, 0.717) is 17.0 Å². The van der Waals surface area contributed by atoms with Crippen LogP contribution in [0, 0.1) is 22.7 Å². The van der Waals surface area contributed by atoms with Crippen LogP contribution in [-0.4, -0.2) is 10.6 Å². The quantitative estimate of drug-likeness (QED) is 0.178. The molecule has 0 radical (unpaired) electrons. The van der Waals surface area contributed by atoms with Gasteiger partial charge in [-0.25, -0.2) is 0 Å². The van der Waals surface area contributed by atoms with Crippen molar-refractivity contribution in [1.82, 2.24) is 4.57 Å². The third kappa shape index (κ3) is 4.98. The second-order valence-electron chi connectivity index (χ2n) is 12.7. The van der Waals surface area contributed by atoms with Crippen molar-refractivity contribution >= 4 is 34.4 Å². The standard InChI is InChI=1S/C45H34N4/c1-3-12-40-30(2)37-14-7-9-18-41(37)48(40)36-23-21-32(22-24-36)34-25-31(28-46)26-35(27-34)45-33(29-47)13-11-20-44(45)49-42-17-6-4-5-15-38(42)39-16-8-10-19-43(39)49/h3,5-27,30,40H,4H2,1-2H3/b12-3-. The molecule has 4 heteroatoms. The highest BCUT2D eigenvalue weighted by atomic mass is 15.2. The van der Waals surface area contributed by atoms with Crippen LogP contribution in [0.3, 0.4) is 0 Å². The molecule has 5 aromatic carbocycles. The summed E-state index contributed by atoms with van der Waals surface area (Å²) in [4.78, 5) is 2.42. The maximum absolute atomic E-state index is 10.4. The predicted molar refractivity (Wildman–Crippen MR) is 202 cm³/mol. The second kappa shape index (κ2) is 12.3. The molecule has 0 saturated carbocycles. The molecule has 1 aliphatic heterocycles. The van der Waals surface area contributed by atoms with E-state index >= 15 is 0 Å². The van der Waals surface area contributed by atoms with E-state index in [2.05, 4.69) is 157 Å². The van der Waals surface area contributed by atoms with Crippen LogP contribution in [0.1, 0.15) is 54.1 Å². The molecule has 0 spiro atoms. The van der Waals surface area contributed by atoms with E-state index in [9.17, 15) is 10.5 Å². The third-order valence-corrected chi connectivity index (χ3v) is 9.90. The summed E-state index contributed by atoms with van der Waals surface area (Å²) in [6.07, 6.45) is 14.0. The van der Waals surface area contributed by atoms with Gasteiger partial charge in [0.1, 0.15) is 0 Å². The van der Waals surface area contributed by atoms with Gasteiger partial charge in [0.2, 0.25) is 0 Å². The zero-order chi connectivity index (χ0) is 33.5. The van der Waals surface area contributed by atoms with Crippen LogP contribution in [0.4, 0.5) is 11.4 Å². The Hall–Kier alpha value is -6.36. The Morgan fingerprint density at radius 2 is 1.49 bits per heavy atom. The highest BCUT2D eigenvalue weighted by Gasteiger charge is 2.34. The summed E-state index contributed by atoms with van der Waals surface area (Å²) in [7, 11) is 0. The smallest absolute Gasteiger partial charge is 0.0998 e. The molecule has 49 heavy (non-hydrogen) atoms. The Kier molecular flexibility index (Phi) is 7.56. The molecular weight excluding hydrogens is 597 g/mol. The Morgan fingerprint density at radius 1 is 0.735 bits per heavy atom. The first kappa shape index (κ1) is 30.0. The summed E-state index contributed by atoms with van der Waals surface area (Å²) in [6.45, 7) is 4.37. The summed E-state index contributed by atoms with van der Waals surface area (Å²) in [5.41, 5.74) is 12.6. The average Bonchev–Trinajstić information content (AvgIpc) is 3.48. The molecule has 2 unspecified atom stereocenters. The van der Waals surface area contributed by atoms with Crippen LogP contribution in [0.25, 0.3) is 51.0 Å². The fraction of sp³-hybridized carbons (Fsp3) is 0.111. The maximum Gasteiger partial charge on any atom is 0.0998 e. The van der Waals surface area contributed by atoms with Gasteiger partial charge in [0, 0.05) is 33.8 Å². The normalized spacial score (nSPS) is 16.4. The van der Waals surface area contributed by atoms with Gasteiger partial charge in [-0.1, -0.05) is 91.9 Å². The second-order valence-corrected chi connectivity index (χ2v) is 12.7. The number of rotatable bonds is 5. The first-order valence-electron chi connectivity index (χ1n) is 16.8. The molecule has 0 amide bonds. The largest absolute Gasteiger partial charge is 0.334 e. The average molecular weight is 631 g/mol. The van der Waals surface area contributed by atoms with Gasteiger partial charge >= 0.3 is 0 Å². The first-order valence-corrected chi connectivity index (χ1v) is 16.8. The van der Waals surface area contributed by atoms with Crippen LogP contribution in [-0.2, 0) is 0 Å². The lowest BCUT2D eigenvalue weighted by Crippen LogP contribution is -2.27. The fourth-order valence-electron chi connectivity index (χ4n) is 7.69. The summed E-state index contributed by atoms with van der Waals surface area (Å²) >= 11 is 0. The van der Waals surface area contributed by atoms with Crippen molar-refractivity contribution in [3.05, 3.63) is 161 Å². The molecule has 1 aromatic heterocycles. The number of allylic oxidation sites excluding steroid dienone is 3. The lowest BCUT2D eigenvalue weighted by molar-refractivity contribution is 0.696. The minimum Gasteiger partial charge on any atom is -0.334 e. The maximum atomic E-state index is 10.4. The van der Waals surface area contributed by atoms with Crippen molar-refractivity contribution in [1.29, 1.82) is 10.5 Å². The van der Waals surface area contributed by atoms with Gasteiger partial charge < -0.3 is 9.47 Å². The summed E-state index contributed by atoms with van der Waals surface area (Å²) in [6, 6.07) is 42.6. The van der Waals surface area contributed by atoms with E-state index in [1.165, 1.54) is 11.3 Å². The monoisotopic (exact) mass is 630 g/mol. The number of nitrogens with zero attached hydrogens (tertiary/aromatic N) is 4. The SMILES string of the molecule is C/C=C\C1C(C)c2ccccc2N1c1ccc(-c2cc(C#N)cc(-c3c(C#N)cccc3-n3c4c(c5ccccc53)C=CCC=C4)c2)cc1. The van der Waals surface area contributed by atoms with Gasteiger partial charge in [0.25, 0.3) is 0 Å². The van der Waals surface area contributed by atoms with Gasteiger partial charge in [-0.15, -0.1) is 0 Å². The number of para-hydroxylation sites is 2. The topological polar surface area (TPSA) is 55.8 Å². The van der Waals surface area contributed by atoms with E-state index in [1.807, 2.05) is 24.3 Å². The molecular formula is C45H34N4. The van der Waals surface area contributed by atoms with E-state index in [1.54, 1.807) is 0 Å². The number of hydrogen-bond donors (Lipinski definition) is 0. The molecule has 2 aliphatic rings. The number of hydrogen-bond acceptors (Lipinski definition) is 3. The summed E-state index contributed by atoms with van der Waals surface area (Å²) in [5.74, 6) is 0.371. The number of benzene rings is 5. The van der Waals surface area contributed by atoms with Gasteiger partial charge in [-0.05, 0) is 96.3 Å². The molecule has 4 nitrogen and oxygen atoms in total. The van der Waals surface area contributed by atoms with Crippen molar-refractivity contribution in [3.8, 4) is 40.1 Å². The predicted octanol–water partition coefficient (Wildman–Crippen LogP) is 11.3. The molecule has 234 valence electrons. The molecule has 2 atom stereocenters. The van der Waals surface area contributed by atoms with Gasteiger partial charge in [-0.3, -0.25) is 0 Å². The Balaban J connectivity index is 1.27. The molecule has 6 aromatic rings. The molecule has 8 rings (SSSR count). The number of aromatic nitrogens is 1. The zero-order valence-corrected chi connectivity index (χ0v) is 27.5. The molecule has 0 N–H and O–H groups in total. The van der Waals surface area contributed by atoms with Gasteiger partial charge in [0.15, 0.2) is 0 Å². The minimum absolute atomic E-state index is 0.229. The van der Waals surface area contributed by atoms with Crippen LogP contribution < -0.4 is 4.90 Å². The van der Waals surface area contributed by atoms with E-state index in [4.69, 9.17) is 0 Å². The van der Waals surface area contributed by atoms with Gasteiger partial charge in [0.05, 0.1) is 46.2 Å². The lowest BCUT2D eigenvalue weighted by Gasteiger charge is -2.27. The first-order chi connectivity index (χ1) is 24.1. The van der Waals surface area contributed by atoms with Crippen LogP contribution >= 0.6 is 0 Å². The van der Waals surface area contributed by atoms with Crippen molar-refractivity contribution < 1.29 is 0 Å². The minimum atomic E-state index is 0.229. The molecule has 2 heterocycles. The van der Waals surface area contributed by atoms with E-state index < -0.39 is 0 Å². The molecule has 1 aliphatic carbocycles. The van der Waals surface area contributed by atoms with Crippen LogP contribution in [0.2, 0.25) is 0 Å². The highest BCUT2D eigenvalue weighted by Crippen LogP contribution is 2.46. The van der Waals surface area contributed by atoms with Crippen LogP contribution in [0.15, 0.2) is 133 Å². The molecule has 0 saturated heterocycles. The fourth-order valence-corrected chi connectivity index (χ4v) is 7.69. The number of fused-ring (bicyclic) bond motifs is 4. The van der Waals surface area contributed by atoms with Crippen molar-refractivity contribution in [3.63, 3.8) is 0 Å². The zero-order valence-electron chi connectivity index (χ0n) is 27.5. The summed E-state index contributed by atoms with van der Waals surface area (Å²) in [5, 5.41) is 21.8. The third-order valence-electron chi connectivity index (χ3n) is 9.90. The van der Waals surface area contributed by atoms with E-state index in [-0.39, 0.29) is 6.04 Å². The van der Waals surface area contributed by atoms with E-state index in [0.717, 1.165) is 62.2 Å². The van der Waals surface area contributed by atoms with Crippen molar-refractivity contribution in [2.45, 2.75) is 32.2 Å². The lowest BCUT2D eigenvalue weighted by atomic mass is 9.92. The Bertz CT molecular complexity index is 2420. The number of nitriles is 2. The Morgan fingerprint density at radius 3 is 2.31 bits per heavy atom. The van der Waals surface area contributed by atoms with Gasteiger partial charge in [-0.2, -0.15) is 10.5 Å². The molecule has 0 bridgehead atoms.